The molecule has 1 fully saturated rings. The summed E-state index contributed by atoms with van der Waals surface area (Å²) >= 11 is 6.14. The predicted molar refractivity (Wildman–Crippen MR) is 117 cm³/mol. The summed E-state index contributed by atoms with van der Waals surface area (Å²) in [6.45, 7) is 4.26. The molecule has 0 saturated carbocycles. The Kier molecular flexibility index (Phi) is 6.77. The van der Waals surface area contributed by atoms with Crippen molar-refractivity contribution in [3.8, 4) is 11.3 Å². The van der Waals surface area contributed by atoms with Crippen LogP contribution in [-0.4, -0.2) is 47.6 Å². The highest BCUT2D eigenvalue weighted by molar-refractivity contribution is 6.30. The molecule has 8 heteroatoms. The van der Waals surface area contributed by atoms with Gasteiger partial charge in [-0.15, -0.1) is 12.4 Å². The summed E-state index contributed by atoms with van der Waals surface area (Å²) in [5.41, 5.74) is 3.13. The monoisotopic (exact) mass is 434 g/mol. The van der Waals surface area contributed by atoms with Gasteiger partial charge in [0.1, 0.15) is 0 Å². The number of amides is 1. The van der Waals surface area contributed by atoms with Crippen molar-refractivity contribution in [2.75, 3.05) is 26.7 Å². The maximum atomic E-state index is 13.4. The van der Waals surface area contributed by atoms with Gasteiger partial charge >= 0.3 is 0 Å². The van der Waals surface area contributed by atoms with Gasteiger partial charge in [-0.2, -0.15) is 0 Å². The summed E-state index contributed by atoms with van der Waals surface area (Å²) < 4.78 is 5.40. The fourth-order valence-corrected chi connectivity index (χ4v) is 4.12. The number of hydrogen-bond acceptors (Lipinski definition) is 5. The molecular weight excluding hydrogens is 411 g/mol. The molecular formula is C21H24Cl2N4O2. The highest BCUT2D eigenvalue weighted by atomic mass is 35.5. The van der Waals surface area contributed by atoms with E-state index in [9.17, 15) is 4.79 Å². The van der Waals surface area contributed by atoms with E-state index < -0.39 is 0 Å². The maximum Gasteiger partial charge on any atom is 0.259 e. The van der Waals surface area contributed by atoms with Crippen LogP contribution in [0.3, 0.4) is 0 Å². The average molecular weight is 435 g/mol. The minimum absolute atomic E-state index is 0. The molecule has 0 spiro atoms. The Morgan fingerprint density at radius 3 is 2.97 bits per heavy atom. The van der Waals surface area contributed by atoms with Crippen molar-refractivity contribution in [3.05, 3.63) is 46.6 Å². The van der Waals surface area contributed by atoms with Crippen LogP contribution in [0.15, 0.2) is 34.9 Å². The van der Waals surface area contributed by atoms with Gasteiger partial charge in [0, 0.05) is 23.7 Å². The van der Waals surface area contributed by atoms with Crippen LogP contribution in [0.1, 0.15) is 28.9 Å². The van der Waals surface area contributed by atoms with Crippen molar-refractivity contribution in [1.29, 1.82) is 0 Å². The summed E-state index contributed by atoms with van der Waals surface area (Å²) in [6.07, 6.45) is 2.15. The first-order chi connectivity index (χ1) is 13.6. The average Bonchev–Trinajstić information content (AvgIpc) is 3.08. The van der Waals surface area contributed by atoms with E-state index in [-0.39, 0.29) is 18.3 Å². The molecule has 4 rings (SSSR count). The van der Waals surface area contributed by atoms with Gasteiger partial charge in [-0.3, -0.25) is 4.79 Å². The van der Waals surface area contributed by atoms with Crippen LogP contribution >= 0.6 is 24.0 Å². The molecule has 1 aromatic carbocycles. The first kappa shape index (κ1) is 21.6. The summed E-state index contributed by atoms with van der Waals surface area (Å²) in [6, 6.07) is 9.26. The molecule has 3 aromatic rings. The number of aryl methyl sites for hydroxylation is 1. The molecule has 0 bridgehead atoms. The lowest BCUT2D eigenvalue weighted by Gasteiger charge is -2.33. The number of hydrogen-bond donors (Lipinski definition) is 1. The molecule has 1 amide bonds. The molecule has 1 aliphatic rings. The lowest BCUT2D eigenvalue weighted by atomic mass is 9.96. The highest BCUT2D eigenvalue weighted by Gasteiger charge is 2.27. The van der Waals surface area contributed by atoms with E-state index in [0.717, 1.165) is 38.0 Å². The number of carbonyl (C=O) groups excluding carboxylic acids is 1. The van der Waals surface area contributed by atoms with Crippen molar-refractivity contribution in [1.82, 2.24) is 20.4 Å². The van der Waals surface area contributed by atoms with Crippen LogP contribution in [0.5, 0.6) is 0 Å². The van der Waals surface area contributed by atoms with Crippen molar-refractivity contribution in [2.24, 2.45) is 5.92 Å². The van der Waals surface area contributed by atoms with Crippen molar-refractivity contribution in [2.45, 2.75) is 19.8 Å². The van der Waals surface area contributed by atoms with E-state index in [2.05, 4.69) is 15.5 Å². The maximum absolute atomic E-state index is 13.4. The van der Waals surface area contributed by atoms with Gasteiger partial charge in [0.05, 0.1) is 22.3 Å². The van der Waals surface area contributed by atoms with Crippen LogP contribution in [0.4, 0.5) is 0 Å². The Morgan fingerprint density at radius 2 is 2.21 bits per heavy atom. The predicted octanol–water partition coefficient (Wildman–Crippen LogP) is 4.35. The molecule has 29 heavy (non-hydrogen) atoms. The van der Waals surface area contributed by atoms with Crippen molar-refractivity contribution >= 4 is 41.0 Å². The van der Waals surface area contributed by atoms with Crippen LogP contribution in [0.25, 0.3) is 22.4 Å². The molecule has 154 valence electrons. The summed E-state index contributed by atoms with van der Waals surface area (Å²) in [4.78, 5) is 20.0. The quantitative estimate of drug-likeness (QED) is 0.660. The zero-order chi connectivity index (χ0) is 19.7. The third-order valence-corrected chi connectivity index (χ3v) is 5.50. The number of pyridine rings is 1. The molecule has 1 unspecified atom stereocenters. The Morgan fingerprint density at radius 1 is 1.38 bits per heavy atom. The standard InChI is InChI=1S/C21H23ClN4O2.ClH/c1-13-19-17(21(27)26-8-4-5-14(12-26)11-23-2)10-18(24-20(19)28-25-13)15-6-3-7-16(22)9-15;/h3,6-7,9-10,14,23H,4-5,8,11-12H2,1-2H3;1H. The van der Waals surface area contributed by atoms with Crippen LogP contribution in [0.2, 0.25) is 5.02 Å². The molecule has 0 radical (unpaired) electrons. The van der Waals surface area contributed by atoms with Gasteiger partial charge in [0.2, 0.25) is 0 Å². The van der Waals surface area contributed by atoms with Gasteiger partial charge in [0.15, 0.2) is 0 Å². The second-order valence-electron chi connectivity index (χ2n) is 7.33. The van der Waals surface area contributed by atoms with Gasteiger partial charge in [-0.05, 0) is 57.5 Å². The summed E-state index contributed by atoms with van der Waals surface area (Å²) in [5.74, 6) is 0.471. The second-order valence-corrected chi connectivity index (χ2v) is 7.77. The van der Waals surface area contributed by atoms with E-state index in [4.69, 9.17) is 16.1 Å². The number of rotatable bonds is 4. The zero-order valence-electron chi connectivity index (χ0n) is 16.4. The number of likely N-dealkylation sites (tertiary alicyclic amines) is 1. The topological polar surface area (TPSA) is 71.3 Å². The van der Waals surface area contributed by atoms with E-state index in [1.807, 2.05) is 49.2 Å². The SMILES string of the molecule is CNCC1CCCN(C(=O)c2cc(-c3cccc(Cl)c3)nc3onc(C)c23)C1.Cl. The lowest BCUT2D eigenvalue weighted by Crippen LogP contribution is -2.42. The van der Waals surface area contributed by atoms with E-state index in [0.29, 0.717) is 39.0 Å². The van der Waals surface area contributed by atoms with E-state index in [1.54, 1.807) is 0 Å². The van der Waals surface area contributed by atoms with Crippen LogP contribution in [0, 0.1) is 12.8 Å². The molecule has 3 heterocycles. The van der Waals surface area contributed by atoms with Gasteiger partial charge in [-0.25, -0.2) is 4.98 Å². The van der Waals surface area contributed by atoms with Crippen molar-refractivity contribution in [3.63, 3.8) is 0 Å². The minimum atomic E-state index is 0. The van der Waals surface area contributed by atoms with Gasteiger partial charge in [0.25, 0.3) is 11.6 Å². The molecule has 1 saturated heterocycles. The van der Waals surface area contributed by atoms with E-state index >= 15 is 0 Å². The third kappa shape index (κ3) is 4.39. The fourth-order valence-electron chi connectivity index (χ4n) is 3.93. The largest absolute Gasteiger partial charge is 0.338 e. The zero-order valence-corrected chi connectivity index (χ0v) is 18.0. The summed E-state index contributed by atoms with van der Waals surface area (Å²) in [5, 5.41) is 8.56. The molecule has 1 atom stereocenters. The Balaban J connectivity index is 0.00000240. The van der Waals surface area contributed by atoms with Crippen LogP contribution < -0.4 is 5.32 Å². The molecule has 0 aliphatic carbocycles. The normalized spacial score (nSPS) is 16.7. The number of fused-ring (bicyclic) bond motifs is 1. The Labute approximate surface area is 181 Å². The summed E-state index contributed by atoms with van der Waals surface area (Å²) in [7, 11) is 1.95. The second kappa shape index (κ2) is 9.11. The number of nitrogens with zero attached hydrogens (tertiary/aromatic N) is 3. The molecule has 6 nitrogen and oxygen atoms in total. The first-order valence-electron chi connectivity index (χ1n) is 9.53. The highest BCUT2D eigenvalue weighted by Crippen LogP contribution is 2.30. The van der Waals surface area contributed by atoms with Gasteiger partial charge in [-0.1, -0.05) is 28.9 Å². The molecule has 1 N–H and O–H groups in total. The number of piperidine rings is 1. The third-order valence-electron chi connectivity index (χ3n) is 5.27. The number of carbonyl (C=O) groups is 1. The molecule has 2 aromatic heterocycles. The lowest BCUT2D eigenvalue weighted by molar-refractivity contribution is 0.0676. The van der Waals surface area contributed by atoms with Crippen LogP contribution in [-0.2, 0) is 0 Å². The van der Waals surface area contributed by atoms with Gasteiger partial charge < -0.3 is 14.7 Å². The number of aromatic nitrogens is 2. The van der Waals surface area contributed by atoms with Crippen molar-refractivity contribution < 1.29 is 9.32 Å². The minimum Gasteiger partial charge on any atom is -0.338 e. The number of benzene rings is 1. The Bertz CT molecular complexity index is 1020. The van der Waals surface area contributed by atoms with E-state index in [1.165, 1.54) is 0 Å². The number of nitrogens with one attached hydrogen (secondary N) is 1. The fraction of sp³-hybridized carbons (Fsp3) is 0.381. The molecule has 1 aliphatic heterocycles. The Hall–Kier alpha value is -2.15. The first-order valence-corrected chi connectivity index (χ1v) is 9.91. The number of halogens is 2. The smallest absolute Gasteiger partial charge is 0.259 e.